The summed E-state index contributed by atoms with van der Waals surface area (Å²) < 4.78 is 60.5. The SMILES string of the molecule is O=S1(=O)Cc2c(-c3ccccc3)oc(-c3ccccc3)c2C1.O=S1(=O)Cc2c(-c3ccccc3)oc(-c3ccccc3)c2C1. The molecule has 0 atom stereocenters. The van der Waals surface area contributed by atoms with Gasteiger partial charge in [-0.15, -0.1) is 0 Å². The molecular formula is C36H28O6S2. The lowest BCUT2D eigenvalue weighted by Crippen LogP contribution is -1.97. The third-order valence-electron chi connectivity index (χ3n) is 7.83. The third kappa shape index (κ3) is 5.42. The molecule has 8 heteroatoms. The van der Waals surface area contributed by atoms with Crippen molar-refractivity contribution in [3.63, 3.8) is 0 Å². The van der Waals surface area contributed by atoms with Gasteiger partial charge in [0.25, 0.3) is 0 Å². The van der Waals surface area contributed by atoms with Gasteiger partial charge in [0.2, 0.25) is 0 Å². The molecule has 0 fully saturated rings. The zero-order valence-electron chi connectivity index (χ0n) is 23.6. The van der Waals surface area contributed by atoms with E-state index in [-0.39, 0.29) is 23.0 Å². The molecule has 0 aliphatic carbocycles. The van der Waals surface area contributed by atoms with Gasteiger partial charge in [0, 0.05) is 44.5 Å². The van der Waals surface area contributed by atoms with Crippen LogP contribution in [0.15, 0.2) is 130 Å². The quantitative estimate of drug-likeness (QED) is 0.198. The van der Waals surface area contributed by atoms with Gasteiger partial charge < -0.3 is 8.83 Å². The van der Waals surface area contributed by atoms with E-state index in [4.69, 9.17) is 8.83 Å². The van der Waals surface area contributed by atoms with Crippen LogP contribution in [0.4, 0.5) is 0 Å². The number of fused-ring (bicyclic) bond motifs is 2. The molecule has 0 spiro atoms. The fourth-order valence-corrected chi connectivity index (χ4v) is 9.07. The summed E-state index contributed by atoms with van der Waals surface area (Å²) in [6.45, 7) is 0. The standard InChI is InChI=1S/2C18H14O3S/c2*19-22(20)11-15-16(12-22)18(14-9-5-2-6-10-14)21-17(15)13-7-3-1-4-8-13/h2*1-10H,11-12H2. The van der Waals surface area contributed by atoms with Gasteiger partial charge in [0.15, 0.2) is 19.7 Å². The van der Waals surface area contributed by atoms with Crippen LogP contribution in [-0.4, -0.2) is 16.8 Å². The van der Waals surface area contributed by atoms with Gasteiger partial charge in [-0.05, 0) is 0 Å². The van der Waals surface area contributed by atoms with E-state index in [1.807, 2.05) is 121 Å². The second-order valence-electron chi connectivity index (χ2n) is 11.0. The molecule has 4 aromatic carbocycles. The number of rotatable bonds is 4. The molecule has 6 aromatic rings. The fraction of sp³-hybridized carbons (Fsp3) is 0.111. The number of hydrogen-bond acceptors (Lipinski definition) is 6. The van der Waals surface area contributed by atoms with E-state index in [2.05, 4.69) is 0 Å². The Morgan fingerprint density at radius 3 is 0.750 bits per heavy atom. The summed E-state index contributed by atoms with van der Waals surface area (Å²) in [4.78, 5) is 0. The monoisotopic (exact) mass is 620 g/mol. The number of benzene rings is 4. The second-order valence-corrected chi connectivity index (χ2v) is 15.1. The summed E-state index contributed by atoms with van der Waals surface area (Å²) in [5, 5.41) is 0. The Balaban J connectivity index is 0.000000142. The van der Waals surface area contributed by atoms with Crippen molar-refractivity contribution in [1.29, 1.82) is 0 Å². The summed E-state index contributed by atoms with van der Waals surface area (Å²) in [5.74, 6) is 2.94. The van der Waals surface area contributed by atoms with Gasteiger partial charge in [0.1, 0.15) is 23.0 Å². The van der Waals surface area contributed by atoms with Gasteiger partial charge in [-0.2, -0.15) is 0 Å². The molecule has 0 saturated heterocycles. The topological polar surface area (TPSA) is 94.6 Å². The summed E-state index contributed by atoms with van der Waals surface area (Å²) >= 11 is 0. The first-order valence-corrected chi connectivity index (χ1v) is 17.8. The lowest BCUT2D eigenvalue weighted by Gasteiger charge is -2.01. The van der Waals surface area contributed by atoms with Gasteiger partial charge in [-0.25, -0.2) is 16.8 Å². The maximum absolute atomic E-state index is 12.1. The van der Waals surface area contributed by atoms with Gasteiger partial charge in [-0.3, -0.25) is 0 Å². The highest BCUT2D eigenvalue weighted by molar-refractivity contribution is 7.90. The van der Waals surface area contributed by atoms with Crippen LogP contribution in [-0.2, 0) is 42.7 Å². The van der Waals surface area contributed by atoms with Crippen molar-refractivity contribution < 1.29 is 25.7 Å². The first kappa shape index (κ1) is 28.1. The molecule has 2 aliphatic rings. The third-order valence-corrected chi connectivity index (χ3v) is 10.7. The summed E-state index contributed by atoms with van der Waals surface area (Å²) in [6, 6.07) is 38.7. The normalized spacial score (nSPS) is 15.6. The predicted molar refractivity (Wildman–Crippen MR) is 172 cm³/mol. The summed E-state index contributed by atoms with van der Waals surface area (Å²) in [5.41, 5.74) is 6.90. The summed E-state index contributed by atoms with van der Waals surface area (Å²) in [7, 11) is -6.17. The molecule has 0 bridgehead atoms. The maximum Gasteiger partial charge on any atom is 0.158 e. The van der Waals surface area contributed by atoms with Crippen molar-refractivity contribution in [3.8, 4) is 45.3 Å². The lowest BCUT2D eigenvalue weighted by molar-refractivity contribution is 0.582. The maximum atomic E-state index is 12.1. The minimum atomic E-state index is -3.08. The molecule has 44 heavy (non-hydrogen) atoms. The van der Waals surface area contributed by atoms with Gasteiger partial charge in [-0.1, -0.05) is 121 Å². The molecule has 6 nitrogen and oxygen atoms in total. The first-order chi connectivity index (χ1) is 21.3. The zero-order valence-corrected chi connectivity index (χ0v) is 25.3. The molecular weight excluding hydrogens is 593 g/mol. The number of hydrogen-bond donors (Lipinski definition) is 0. The van der Waals surface area contributed by atoms with Gasteiger partial charge >= 0.3 is 0 Å². The Morgan fingerprint density at radius 2 is 0.545 bits per heavy atom. The second kappa shape index (κ2) is 11.1. The van der Waals surface area contributed by atoms with Crippen LogP contribution in [0.5, 0.6) is 0 Å². The Labute approximate surface area is 256 Å². The van der Waals surface area contributed by atoms with Crippen molar-refractivity contribution in [2.45, 2.75) is 23.0 Å². The average molecular weight is 621 g/mol. The lowest BCUT2D eigenvalue weighted by atomic mass is 10.0. The van der Waals surface area contributed by atoms with Crippen LogP contribution in [0, 0.1) is 0 Å². The molecule has 0 radical (unpaired) electrons. The Morgan fingerprint density at radius 1 is 0.341 bits per heavy atom. The molecule has 0 unspecified atom stereocenters. The Hall–Kier alpha value is -4.66. The minimum absolute atomic E-state index is 0.0584. The van der Waals surface area contributed by atoms with Crippen LogP contribution in [0.25, 0.3) is 45.3 Å². The molecule has 220 valence electrons. The van der Waals surface area contributed by atoms with E-state index in [0.29, 0.717) is 23.0 Å². The molecule has 4 heterocycles. The smallest absolute Gasteiger partial charge is 0.158 e. The molecule has 0 N–H and O–H groups in total. The largest absolute Gasteiger partial charge is 0.455 e. The van der Waals surface area contributed by atoms with E-state index in [1.54, 1.807) is 0 Å². The van der Waals surface area contributed by atoms with Crippen LogP contribution < -0.4 is 0 Å². The Kier molecular flexibility index (Phi) is 7.11. The molecule has 2 aromatic heterocycles. The van der Waals surface area contributed by atoms with Crippen molar-refractivity contribution in [3.05, 3.63) is 144 Å². The van der Waals surface area contributed by atoms with Crippen LogP contribution >= 0.6 is 0 Å². The van der Waals surface area contributed by atoms with Crippen LogP contribution in [0.2, 0.25) is 0 Å². The molecule has 2 aliphatic heterocycles. The van der Waals surface area contributed by atoms with Gasteiger partial charge in [0.05, 0.1) is 23.0 Å². The minimum Gasteiger partial charge on any atom is -0.455 e. The van der Waals surface area contributed by atoms with Crippen molar-refractivity contribution >= 4 is 19.7 Å². The highest BCUT2D eigenvalue weighted by Gasteiger charge is 2.35. The number of furan rings is 2. The molecule has 0 saturated carbocycles. The zero-order chi connectivity index (χ0) is 30.3. The molecule has 8 rings (SSSR count). The highest BCUT2D eigenvalue weighted by atomic mass is 32.2. The summed E-state index contributed by atoms with van der Waals surface area (Å²) in [6.07, 6.45) is 0. The molecule has 0 amide bonds. The van der Waals surface area contributed by atoms with Crippen molar-refractivity contribution in [1.82, 2.24) is 0 Å². The highest BCUT2D eigenvalue weighted by Crippen LogP contribution is 2.44. The van der Waals surface area contributed by atoms with Crippen molar-refractivity contribution in [2.75, 3.05) is 0 Å². The van der Waals surface area contributed by atoms with E-state index >= 15 is 0 Å². The van der Waals surface area contributed by atoms with Crippen molar-refractivity contribution in [2.24, 2.45) is 0 Å². The van der Waals surface area contributed by atoms with E-state index in [1.165, 1.54) is 0 Å². The van der Waals surface area contributed by atoms with E-state index < -0.39 is 19.7 Å². The average Bonchev–Trinajstić information content (AvgIpc) is 3.75. The predicted octanol–water partition coefficient (Wildman–Crippen LogP) is 8.08. The fourth-order valence-electron chi connectivity index (χ4n) is 5.88. The Bertz CT molecular complexity index is 1870. The van der Waals surface area contributed by atoms with E-state index in [9.17, 15) is 16.8 Å². The van der Waals surface area contributed by atoms with Crippen LogP contribution in [0.1, 0.15) is 22.3 Å². The van der Waals surface area contributed by atoms with Crippen LogP contribution in [0.3, 0.4) is 0 Å². The van der Waals surface area contributed by atoms with E-state index in [0.717, 1.165) is 44.5 Å². The first-order valence-electron chi connectivity index (χ1n) is 14.2. The number of sulfone groups is 2.